The summed E-state index contributed by atoms with van der Waals surface area (Å²) in [5, 5.41) is 2.07. The third-order valence-electron chi connectivity index (χ3n) is 3.97. The van der Waals surface area contributed by atoms with Gasteiger partial charge in [-0.2, -0.15) is 0 Å². The molecule has 0 N–H and O–H groups in total. The van der Waals surface area contributed by atoms with E-state index in [4.69, 9.17) is 11.6 Å². The molecular weight excluding hydrogens is 278 g/mol. The number of alkyl halides is 1. The third-order valence-corrected chi connectivity index (χ3v) is 4.91. The van der Waals surface area contributed by atoms with Gasteiger partial charge in [0.25, 0.3) is 0 Å². The number of fused-ring (bicyclic) bond motifs is 1. The Kier molecular flexibility index (Phi) is 4.41. The molecule has 0 bridgehead atoms. The van der Waals surface area contributed by atoms with E-state index >= 15 is 0 Å². The fraction of sp³-hybridized carbons (Fsp3) is 0.643. The summed E-state index contributed by atoms with van der Waals surface area (Å²) in [5.41, 5.74) is 1.17. The van der Waals surface area contributed by atoms with Crippen molar-refractivity contribution in [3.05, 3.63) is 23.5 Å². The first-order valence-corrected chi connectivity index (χ1v) is 8.49. The van der Waals surface area contributed by atoms with Crippen LogP contribution in [0.15, 0.2) is 17.8 Å². The molecule has 1 fully saturated rings. The smallest absolute Gasteiger partial charge is 0.193 e. The molecule has 2 heterocycles. The van der Waals surface area contributed by atoms with Crippen LogP contribution in [0.3, 0.4) is 0 Å². The van der Waals surface area contributed by atoms with Crippen molar-refractivity contribution in [2.75, 3.05) is 12.4 Å². The number of nitrogens with zero attached hydrogens (tertiary/aromatic N) is 3. The fourth-order valence-corrected chi connectivity index (χ4v) is 3.94. The molecule has 0 atom stereocenters. The second-order valence-corrected chi connectivity index (χ2v) is 6.53. The topological polar surface area (TPSA) is 20.5 Å². The highest BCUT2D eigenvalue weighted by atomic mass is 35.5. The first kappa shape index (κ1) is 13.4. The Morgan fingerprint density at radius 1 is 1.37 bits per heavy atom. The average Bonchev–Trinajstić information content (AvgIpc) is 3.00. The number of aromatic nitrogens is 2. The second-order valence-electron chi connectivity index (χ2n) is 5.28. The molecule has 1 aliphatic carbocycles. The number of rotatable bonds is 5. The van der Waals surface area contributed by atoms with Crippen molar-refractivity contribution in [2.24, 2.45) is 0 Å². The SMILES string of the molecule is ClCCN(Cc1cn2ccsc2n1)C1CCCCC1. The molecule has 0 aliphatic heterocycles. The number of imidazole rings is 1. The maximum absolute atomic E-state index is 5.97. The molecule has 3 nitrogen and oxygen atoms in total. The quantitative estimate of drug-likeness (QED) is 0.783. The van der Waals surface area contributed by atoms with Crippen LogP contribution in [0.4, 0.5) is 0 Å². The summed E-state index contributed by atoms with van der Waals surface area (Å²) in [6, 6.07) is 0.701. The third kappa shape index (κ3) is 3.12. The van der Waals surface area contributed by atoms with E-state index in [0.29, 0.717) is 11.9 Å². The van der Waals surface area contributed by atoms with E-state index in [-0.39, 0.29) is 0 Å². The van der Waals surface area contributed by atoms with Gasteiger partial charge in [0.05, 0.1) is 5.69 Å². The van der Waals surface area contributed by atoms with Gasteiger partial charge < -0.3 is 0 Å². The predicted octanol–water partition coefficient (Wildman–Crippen LogP) is 3.77. The van der Waals surface area contributed by atoms with E-state index in [2.05, 4.69) is 32.1 Å². The van der Waals surface area contributed by atoms with Crippen LogP contribution >= 0.6 is 22.9 Å². The van der Waals surface area contributed by atoms with Crippen LogP contribution in [0, 0.1) is 0 Å². The van der Waals surface area contributed by atoms with Crippen LogP contribution in [0.25, 0.3) is 4.96 Å². The highest BCUT2D eigenvalue weighted by molar-refractivity contribution is 7.15. The van der Waals surface area contributed by atoms with Crippen LogP contribution in [-0.2, 0) is 6.54 Å². The molecule has 0 spiro atoms. The van der Waals surface area contributed by atoms with Crippen molar-refractivity contribution in [3.63, 3.8) is 0 Å². The van der Waals surface area contributed by atoms with Gasteiger partial charge in [0.1, 0.15) is 0 Å². The first-order valence-electron chi connectivity index (χ1n) is 7.08. The molecule has 0 radical (unpaired) electrons. The van der Waals surface area contributed by atoms with Crippen LogP contribution in [0.5, 0.6) is 0 Å². The van der Waals surface area contributed by atoms with Gasteiger partial charge in [-0.25, -0.2) is 4.98 Å². The lowest BCUT2D eigenvalue weighted by Crippen LogP contribution is -2.37. The lowest BCUT2D eigenvalue weighted by molar-refractivity contribution is 0.155. The van der Waals surface area contributed by atoms with E-state index in [1.54, 1.807) is 11.3 Å². The molecule has 2 aromatic heterocycles. The zero-order valence-electron chi connectivity index (χ0n) is 11.1. The Hall–Kier alpha value is -0.580. The van der Waals surface area contributed by atoms with Gasteiger partial charge in [-0.3, -0.25) is 9.30 Å². The zero-order chi connectivity index (χ0) is 13.1. The van der Waals surface area contributed by atoms with Crippen LogP contribution < -0.4 is 0 Å². The molecular formula is C14H20ClN3S. The van der Waals surface area contributed by atoms with Crippen molar-refractivity contribution >= 4 is 27.9 Å². The maximum atomic E-state index is 5.97. The molecule has 0 amide bonds. The number of halogens is 1. The highest BCUT2D eigenvalue weighted by Crippen LogP contribution is 2.24. The van der Waals surface area contributed by atoms with Crippen LogP contribution in [0.2, 0.25) is 0 Å². The van der Waals surface area contributed by atoms with Gasteiger partial charge in [0.15, 0.2) is 4.96 Å². The van der Waals surface area contributed by atoms with E-state index in [1.807, 2.05) is 0 Å². The Balaban J connectivity index is 1.70. The fourth-order valence-electron chi connectivity index (χ4n) is 3.01. The molecule has 1 aliphatic rings. The summed E-state index contributed by atoms with van der Waals surface area (Å²) in [7, 11) is 0. The second kappa shape index (κ2) is 6.25. The lowest BCUT2D eigenvalue weighted by atomic mass is 9.94. The number of thiazole rings is 1. The Morgan fingerprint density at radius 2 is 2.21 bits per heavy atom. The summed E-state index contributed by atoms with van der Waals surface area (Å²) in [6.45, 7) is 1.91. The van der Waals surface area contributed by atoms with Crippen molar-refractivity contribution in [1.29, 1.82) is 0 Å². The largest absolute Gasteiger partial charge is 0.297 e. The minimum atomic E-state index is 0.701. The Labute approximate surface area is 123 Å². The van der Waals surface area contributed by atoms with Gasteiger partial charge in [-0.15, -0.1) is 22.9 Å². The molecule has 104 valence electrons. The standard InChI is InChI=1S/C14H20ClN3S/c15-6-7-17(13-4-2-1-3-5-13)10-12-11-18-8-9-19-14(18)16-12/h8-9,11,13H,1-7,10H2. The van der Waals surface area contributed by atoms with Gasteiger partial charge in [-0.05, 0) is 12.8 Å². The van der Waals surface area contributed by atoms with E-state index in [9.17, 15) is 0 Å². The normalized spacial score (nSPS) is 17.6. The average molecular weight is 298 g/mol. The molecule has 0 aromatic carbocycles. The lowest BCUT2D eigenvalue weighted by Gasteiger charge is -2.33. The monoisotopic (exact) mass is 297 g/mol. The van der Waals surface area contributed by atoms with Gasteiger partial charge in [0, 0.05) is 42.8 Å². The van der Waals surface area contributed by atoms with E-state index < -0.39 is 0 Å². The Bertz CT molecular complexity index is 487. The molecule has 19 heavy (non-hydrogen) atoms. The molecule has 0 saturated heterocycles. The summed E-state index contributed by atoms with van der Waals surface area (Å²) in [6.07, 6.45) is 11.0. The van der Waals surface area contributed by atoms with Gasteiger partial charge >= 0.3 is 0 Å². The first-order chi connectivity index (χ1) is 9.36. The summed E-state index contributed by atoms with van der Waals surface area (Å²) >= 11 is 7.67. The van der Waals surface area contributed by atoms with E-state index in [0.717, 1.165) is 18.1 Å². The van der Waals surface area contributed by atoms with Gasteiger partial charge in [-0.1, -0.05) is 19.3 Å². The van der Waals surface area contributed by atoms with E-state index in [1.165, 1.54) is 37.8 Å². The maximum Gasteiger partial charge on any atom is 0.193 e. The number of hydrogen-bond donors (Lipinski definition) is 0. The summed E-state index contributed by atoms with van der Waals surface area (Å²) in [5.74, 6) is 0.707. The van der Waals surface area contributed by atoms with Crippen LogP contribution in [0.1, 0.15) is 37.8 Å². The number of hydrogen-bond acceptors (Lipinski definition) is 3. The minimum Gasteiger partial charge on any atom is -0.297 e. The summed E-state index contributed by atoms with van der Waals surface area (Å²) < 4.78 is 2.11. The molecule has 2 aromatic rings. The summed E-state index contributed by atoms with van der Waals surface area (Å²) in [4.78, 5) is 8.30. The predicted molar refractivity (Wildman–Crippen MR) is 81.1 cm³/mol. The zero-order valence-corrected chi connectivity index (χ0v) is 12.7. The van der Waals surface area contributed by atoms with Crippen molar-refractivity contribution in [2.45, 2.75) is 44.7 Å². The van der Waals surface area contributed by atoms with Crippen molar-refractivity contribution < 1.29 is 0 Å². The Morgan fingerprint density at radius 3 is 2.95 bits per heavy atom. The molecule has 1 saturated carbocycles. The van der Waals surface area contributed by atoms with Gasteiger partial charge in [0.2, 0.25) is 0 Å². The highest BCUT2D eigenvalue weighted by Gasteiger charge is 2.21. The van der Waals surface area contributed by atoms with Crippen LogP contribution in [-0.4, -0.2) is 32.8 Å². The molecule has 5 heteroatoms. The van der Waals surface area contributed by atoms with Crippen molar-refractivity contribution in [1.82, 2.24) is 14.3 Å². The molecule has 3 rings (SSSR count). The van der Waals surface area contributed by atoms with Crippen molar-refractivity contribution in [3.8, 4) is 0 Å². The minimum absolute atomic E-state index is 0.701. The molecule has 0 unspecified atom stereocenters.